The lowest BCUT2D eigenvalue weighted by Gasteiger charge is -2.26. The van der Waals surface area contributed by atoms with Crippen molar-refractivity contribution < 1.29 is 9.72 Å². The SMILES string of the molecule is O=C(NCN1CCCCC1)c1cccc([N+](=O)[O-])c1. The number of hydrogen-bond acceptors (Lipinski definition) is 4. The Hall–Kier alpha value is -1.95. The van der Waals surface area contributed by atoms with Gasteiger partial charge in [-0.15, -0.1) is 0 Å². The van der Waals surface area contributed by atoms with Crippen molar-refractivity contribution in [3.8, 4) is 0 Å². The molecule has 0 unspecified atom stereocenters. The summed E-state index contributed by atoms with van der Waals surface area (Å²) in [5.41, 5.74) is 0.261. The minimum Gasteiger partial charge on any atom is -0.339 e. The van der Waals surface area contributed by atoms with Crippen molar-refractivity contribution >= 4 is 11.6 Å². The Balaban J connectivity index is 1.92. The van der Waals surface area contributed by atoms with E-state index < -0.39 is 4.92 Å². The molecule has 1 heterocycles. The highest BCUT2D eigenvalue weighted by Crippen LogP contribution is 2.13. The number of hydrogen-bond donors (Lipinski definition) is 1. The predicted octanol–water partition coefficient (Wildman–Crippen LogP) is 1.77. The number of rotatable bonds is 4. The summed E-state index contributed by atoms with van der Waals surface area (Å²) in [6.07, 6.45) is 3.56. The fourth-order valence-corrected chi connectivity index (χ4v) is 2.16. The van der Waals surface area contributed by atoms with Crippen LogP contribution in [0.15, 0.2) is 24.3 Å². The van der Waals surface area contributed by atoms with Crippen LogP contribution >= 0.6 is 0 Å². The molecule has 0 atom stereocenters. The Morgan fingerprint density at radius 1 is 1.32 bits per heavy atom. The number of carbonyl (C=O) groups excluding carboxylic acids is 1. The fraction of sp³-hybridized carbons (Fsp3) is 0.462. The van der Waals surface area contributed by atoms with Crippen molar-refractivity contribution in [2.45, 2.75) is 19.3 Å². The van der Waals surface area contributed by atoms with Gasteiger partial charge in [-0.25, -0.2) is 0 Å². The first-order chi connectivity index (χ1) is 9.16. The molecule has 0 bridgehead atoms. The second-order valence-electron chi connectivity index (χ2n) is 4.65. The number of benzene rings is 1. The van der Waals surface area contributed by atoms with Crippen LogP contribution in [0.2, 0.25) is 0 Å². The highest BCUT2D eigenvalue weighted by Gasteiger charge is 2.14. The van der Waals surface area contributed by atoms with Crippen molar-refractivity contribution in [1.82, 2.24) is 10.2 Å². The zero-order chi connectivity index (χ0) is 13.7. The van der Waals surface area contributed by atoms with E-state index in [-0.39, 0.29) is 11.6 Å². The molecule has 6 heteroatoms. The third kappa shape index (κ3) is 3.75. The Morgan fingerprint density at radius 3 is 2.74 bits per heavy atom. The number of piperidine rings is 1. The van der Waals surface area contributed by atoms with Gasteiger partial charge in [-0.05, 0) is 32.0 Å². The zero-order valence-corrected chi connectivity index (χ0v) is 10.7. The molecule has 1 aromatic carbocycles. The van der Waals surface area contributed by atoms with Crippen LogP contribution in [0.4, 0.5) is 5.69 Å². The van der Waals surface area contributed by atoms with Gasteiger partial charge in [0.2, 0.25) is 0 Å². The lowest BCUT2D eigenvalue weighted by molar-refractivity contribution is -0.384. The van der Waals surface area contributed by atoms with Gasteiger partial charge in [0, 0.05) is 17.7 Å². The van der Waals surface area contributed by atoms with Gasteiger partial charge in [0.15, 0.2) is 0 Å². The summed E-state index contributed by atoms with van der Waals surface area (Å²) >= 11 is 0. The van der Waals surface area contributed by atoms with Crippen LogP contribution in [-0.4, -0.2) is 35.5 Å². The molecule has 0 radical (unpaired) electrons. The molecular weight excluding hydrogens is 246 g/mol. The molecule has 0 spiro atoms. The van der Waals surface area contributed by atoms with Gasteiger partial charge >= 0.3 is 0 Å². The van der Waals surface area contributed by atoms with E-state index in [9.17, 15) is 14.9 Å². The zero-order valence-electron chi connectivity index (χ0n) is 10.7. The van der Waals surface area contributed by atoms with E-state index in [1.54, 1.807) is 6.07 Å². The van der Waals surface area contributed by atoms with E-state index >= 15 is 0 Å². The second-order valence-corrected chi connectivity index (χ2v) is 4.65. The maximum absolute atomic E-state index is 11.9. The Morgan fingerprint density at radius 2 is 2.05 bits per heavy atom. The minimum atomic E-state index is -0.499. The van der Waals surface area contributed by atoms with Gasteiger partial charge in [-0.3, -0.25) is 19.8 Å². The monoisotopic (exact) mass is 263 g/mol. The molecule has 19 heavy (non-hydrogen) atoms. The van der Waals surface area contributed by atoms with Gasteiger partial charge in [0.05, 0.1) is 11.6 Å². The average molecular weight is 263 g/mol. The van der Waals surface area contributed by atoms with Gasteiger partial charge in [-0.1, -0.05) is 12.5 Å². The van der Waals surface area contributed by atoms with E-state index in [0.29, 0.717) is 12.2 Å². The molecule has 1 amide bonds. The van der Waals surface area contributed by atoms with Crippen LogP contribution in [0.5, 0.6) is 0 Å². The molecule has 102 valence electrons. The molecule has 1 saturated heterocycles. The smallest absolute Gasteiger partial charge is 0.270 e. The number of non-ortho nitro benzene ring substituents is 1. The van der Waals surface area contributed by atoms with Crippen molar-refractivity contribution in [2.75, 3.05) is 19.8 Å². The topological polar surface area (TPSA) is 75.5 Å². The Kier molecular flexibility index (Phi) is 4.46. The first-order valence-corrected chi connectivity index (χ1v) is 6.42. The minimum absolute atomic E-state index is 0.0642. The molecule has 0 saturated carbocycles. The molecule has 2 rings (SSSR count). The molecular formula is C13H17N3O3. The van der Waals surface area contributed by atoms with E-state index in [4.69, 9.17) is 0 Å². The third-order valence-electron chi connectivity index (χ3n) is 3.23. The van der Waals surface area contributed by atoms with E-state index in [2.05, 4.69) is 10.2 Å². The van der Waals surface area contributed by atoms with Gasteiger partial charge < -0.3 is 5.32 Å². The van der Waals surface area contributed by atoms with Crippen LogP contribution < -0.4 is 5.32 Å². The Labute approximate surface area is 111 Å². The fourth-order valence-electron chi connectivity index (χ4n) is 2.16. The molecule has 1 aliphatic heterocycles. The maximum atomic E-state index is 11.9. The molecule has 0 aliphatic carbocycles. The highest BCUT2D eigenvalue weighted by atomic mass is 16.6. The first kappa shape index (κ1) is 13.5. The molecule has 1 N–H and O–H groups in total. The molecule has 1 aliphatic rings. The quantitative estimate of drug-likeness (QED) is 0.663. The van der Waals surface area contributed by atoms with Crippen molar-refractivity contribution in [3.05, 3.63) is 39.9 Å². The first-order valence-electron chi connectivity index (χ1n) is 6.42. The normalized spacial score (nSPS) is 16.0. The molecule has 1 fully saturated rings. The number of carbonyl (C=O) groups is 1. The van der Waals surface area contributed by atoms with Crippen molar-refractivity contribution in [3.63, 3.8) is 0 Å². The summed E-state index contributed by atoms with van der Waals surface area (Å²) in [5.74, 6) is -0.269. The molecule has 1 aromatic rings. The van der Waals surface area contributed by atoms with Crippen LogP contribution in [0.25, 0.3) is 0 Å². The van der Waals surface area contributed by atoms with E-state index in [0.717, 1.165) is 25.9 Å². The molecule has 0 aromatic heterocycles. The number of nitro groups is 1. The number of likely N-dealkylation sites (tertiary alicyclic amines) is 1. The molecule has 6 nitrogen and oxygen atoms in total. The standard InChI is InChI=1S/C13H17N3O3/c17-13(14-10-15-7-2-1-3-8-15)11-5-4-6-12(9-11)16(18)19/h4-6,9H,1-3,7-8,10H2,(H,14,17). The van der Waals surface area contributed by atoms with Crippen LogP contribution in [0.1, 0.15) is 29.6 Å². The third-order valence-corrected chi connectivity index (χ3v) is 3.23. The van der Waals surface area contributed by atoms with Crippen molar-refractivity contribution in [2.24, 2.45) is 0 Å². The average Bonchev–Trinajstić information content (AvgIpc) is 2.46. The van der Waals surface area contributed by atoms with Gasteiger partial charge in [0.25, 0.3) is 11.6 Å². The summed E-state index contributed by atoms with van der Waals surface area (Å²) < 4.78 is 0. The predicted molar refractivity (Wildman–Crippen MR) is 70.9 cm³/mol. The largest absolute Gasteiger partial charge is 0.339 e. The Bertz CT molecular complexity index is 470. The van der Waals surface area contributed by atoms with Crippen LogP contribution in [0, 0.1) is 10.1 Å². The summed E-state index contributed by atoms with van der Waals surface area (Å²) in [6, 6.07) is 5.78. The lowest BCUT2D eigenvalue weighted by Crippen LogP contribution is -2.40. The summed E-state index contributed by atoms with van der Waals surface area (Å²) in [4.78, 5) is 24.2. The number of nitro benzene ring substituents is 1. The lowest BCUT2D eigenvalue weighted by atomic mass is 10.1. The summed E-state index contributed by atoms with van der Waals surface area (Å²) in [6.45, 7) is 2.49. The van der Waals surface area contributed by atoms with Gasteiger partial charge in [0.1, 0.15) is 0 Å². The number of nitrogens with zero attached hydrogens (tertiary/aromatic N) is 2. The summed E-state index contributed by atoms with van der Waals surface area (Å²) in [5, 5.41) is 13.4. The summed E-state index contributed by atoms with van der Waals surface area (Å²) in [7, 11) is 0. The number of amides is 1. The second kappa shape index (κ2) is 6.29. The van der Waals surface area contributed by atoms with Gasteiger partial charge in [-0.2, -0.15) is 0 Å². The van der Waals surface area contributed by atoms with Crippen LogP contribution in [0.3, 0.4) is 0 Å². The van der Waals surface area contributed by atoms with Crippen LogP contribution in [-0.2, 0) is 0 Å². The van der Waals surface area contributed by atoms with Crippen molar-refractivity contribution in [1.29, 1.82) is 0 Å². The maximum Gasteiger partial charge on any atom is 0.270 e. The van der Waals surface area contributed by atoms with E-state index in [1.165, 1.54) is 24.6 Å². The number of nitrogens with one attached hydrogen (secondary N) is 1. The van der Waals surface area contributed by atoms with E-state index in [1.807, 2.05) is 0 Å². The highest BCUT2D eigenvalue weighted by molar-refractivity contribution is 5.94.